The van der Waals surface area contributed by atoms with Crippen molar-refractivity contribution in [1.82, 2.24) is 0 Å². The first-order chi connectivity index (χ1) is 10.9. The van der Waals surface area contributed by atoms with Crippen molar-refractivity contribution < 1.29 is 0 Å². The average molecular weight is 351 g/mol. The van der Waals surface area contributed by atoms with Gasteiger partial charge in [-0.1, -0.05) is 102 Å². The predicted octanol–water partition coefficient (Wildman–Crippen LogP) is 8.89. The minimum absolute atomic E-state index is 0.460. The highest BCUT2D eigenvalue weighted by atomic mass is 14.6. The van der Waals surface area contributed by atoms with Gasteiger partial charge in [-0.15, -0.1) is 0 Å². The van der Waals surface area contributed by atoms with Gasteiger partial charge < -0.3 is 0 Å². The molecule has 0 heteroatoms. The summed E-state index contributed by atoms with van der Waals surface area (Å²) in [4.78, 5) is 0. The normalized spacial score (nSPS) is 23.5. The van der Waals surface area contributed by atoms with Gasteiger partial charge >= 0.3 is 0 Å². The zero-order chi connectivity index (χ0) is 19.9. The Morgan fingerprint density at radius 3 is 0.640 bits per heavy atom. The molecule has 0 bridgehead atoms. The Hall–Kier alpha value is 0. The van der Waals surface area contributed by atoms with Crippen molar-refractivity contribution in [2.45, 2.75) is 128 Å². The van der Waals surface area contributed by atoms with E-state index in [0.29, 0.717) is 32.5 Å². The van der Waals surface area contributed by atoms with Crippen LogP contribution in [0.2, 0.25) is 0 Å². The van der Waals surface area contributed by atoms with Crippen molar-refractivity contribution >= 4 is 0 Å². The van der Waals surface area contributed by atoms with E-state index in [-0.39, 0.29) is 0 Å². The van der Waals surface area contributed by atoms with Crippen LogP contribution in [0.25, 0.3) is 0 Å². The zero-order valence-corrected chi connectivity index (χ0v) is 19.9. The van der Waals surface area contributed by atoms with Gasteiger partial charge in [0, 0.05) is 0 Å². The highest BCUT2D eigenvalue weighted by Crippen LogP contribution is 2.63. The standard InChI is InChI=1S/C13H26.C12H24/c1-11(2,3)13(12(4,5)6)9-7-8-10-13;1-10(2,3)12(8-7-9-12)11(4,5)6/h7-10H2,1-6H3;7-9H2,1-6H3. The SMILES string of the molecule is CC(C)(C)C1(C(C)(C)C)CCC1.CC(C)(C)C1(C(C)(C)C)CCCC1. The van der Waals surface area contributed by atoms with E-state index in [2.05, 4.69) is 83.1 Å². The van der Waals surface area contributed by atoms with Crippen LogP contribution in [0.15, 0.2) is 0 Å². The minimum atomic E-state index is 0.460. The van der Waals surface area contributed by atoms with Crippen LogP contribution in [0.3, 0.4) is 0 Å². The molecule has 0 aliphatic heterocycles. The van der Waals surface area contributed by atoms with E-state index in [4.69, 9.17) is 0 Å². The first kappa shape index (κ1) is 23.0. The van der Waals surface area contributed by atoms with Crippen molar-refractivity contribution in [2.24, 2.45) is 32.5 Å². The van der Waals surface area contributed by atoms with Gasteiger partial charge in [-0.3, -0.25) is 0 Å². The average Bonchev–Trinajstić information content (AvgIpc) is 2.70. The molecule has 0 N–H and O–H groups in total. The van der Waals surface area contributed by atoms with Gasteiger partial charge in [-0.2, -0.15) is 0 Å². The minimum Gasteiger partial charge on any atom is -0.0596 e. The molecule has 0 heterocycles. The Bertz CT molecular complexity index is 383. The van der Waals surface area contributed by atoms with E-state index < -0.39 is 0 Å². The first-order valence-corrected chi connectivity index (χ1v) is 10.9. The molecule has 0 amide bonds. The number of hydrogen-bond donors (Lipinski definition) is 0. The van der Waals surface area contributed by atoms with Crippen LogP contribution in [-0.2, 0) is 0 Å². The van der Waals surface area contributed by atoms with Crippen LogP contribution >= 0.6 is 0 Å². The molecule has 0 unspecified atom stereocenters. The summed E-state index contributed by atoms with van der Waals surface area (Å²) in [6.07, 6.45) is 10.0. The molecule has 0 nitrogen and oxygen atoms in total. The third-order valence-electron chi connectivity index (χ3n) is 8.41. The summed E-state index contributed by atoms with van der Waals surface area (Å²) in [5, 5.41) is 0. The Morgan fingerprint density at radius 1 is 0.360 bits per heavy atom. The fraction of sp³-hybridized carbons (Fsp3) is 1.00. The van der Waals surface area contributed by atoms with Crippen molar-refractivity contribution in [3.05, 3.63) is 0 Å². The molecule has 25 heavy (non-hydrogen) atoms. The molecule has 0 saturated heterocycles. The Kier molecular flexibility index (Phi) is 6.33. The summed E-state index contributed by atoms with van der Waals surface area (Å²) in [5.41, 5.74) is 3.04. The summed E-state index contributed by atoms with van der Waals surface area (Å²) in [6, 6.07) is 0. The first-order valence-electron chi connectivity index (χ1n) is 10.9. The number of rotatable bonds is 0. The fourth-order valence-electron chi connectivity index (χ4n) is 6.76. The van der Waals surface area contributed by atoms with Crippen molar-refractivity contribution in [1.29, 1.82) is 0 Å². The summed E-state index contributed by atoms with van der Waals surface area (Å²) in [5.74, 6) is 0. The Labute approximate surface area is 160 Å². The van der Waals surface area contributed by atoms with Crippen molar-refractivity contribution in [2.75, 3.05) is 0 Å². The Balaban J connectivity index is 0.000000251. The summed E-state index contributed by atoms with van der Waals surface area (Å²) in [6.45, 7) is 28.9. The van der Waals surface area contributed by atoms with Gasteiger partial charge in [-0.25, -0.2) is 0 Å². The monoisotopic (exact) mass is 350 g/mol. The van der Waals surface area contributed by atoms with E-state index >= 15 is 0 Å². The van der Waals surface area contributed by atoms with Crippen LogP contribution in [0.1, 0.15) is 128 Å². The Morgan fingerprint density at radius 2 is 0.560 bits per heavy atom. The molecule has 2 aliphatic rings. The molecule has 150 valence electrons. The fourth-order valence-corrected chi connectivity index (χ4v) is 6.76. The molecule has 0 aromatic rings. The van der Waals surface area contributed by atoms with Crippen molar-refractivity contribution in [3.63, 3.8) is 0 Å². The van der Waals surface area contributed by atoms with E-state index in [0.717, 1.165) is 0 Å². The lowest BCUT2D eigenvalue weighted by Crippen LogP contribution is -2.51. The molecule has 2 aliphatic carbocycles. The van der Waals surface area contributed by atoms with E-state index in [1.165, 1.54) is 44.9 Å². The molecule has 0 aromatic heterocycles. The summed E-state index contributed by atoms with van der Waals surface area (Å²) >= 11 is 0. The third kappa shape index (κ3) is 4.14. The van der Waals surface area contributed by atoms with Crippen LogP contribution in [0.5, 0.6) is 0 Å². The quantitative estimate of drug-likeness (QED) is 0.409. The maximum absolute atomic E-state index is 2.42. The van der Waals surface area contributed by atoms with Gasteiger partial charge in [0.15, 0.2) is 0 Å². The van der Waals surface area contributed by atoms with Gasteiger partial charge in [0.2, 0.25) is 0 Å². The topological polar surface area (TPSA) is 0 Å². The molecular formula is C25H50. The van der Waals surface area contributed by atoms with Gasteiger partial charge in [-0.05, 0) is 58.2 Å². The summed E-state index contributed by atoms with van der Waals surface area (Å²) in [7, 11) is 0. The molecule has 2 saturated carbocycles. The largest absolute Gasteiger partial charge is 0.0596 e. The maximum atomic E-state index is 2.42. The highest BCUT2D eigenvalue weighted by molar-refractivity contribution is 5.03. The second-order valence-electron chi connectivity index (χ2n) is 13.2. The lowest BCUT2D eigenvalue weighted by atomic mass is 9.45. The molecule has 0 atom stereocenters. The molecular weight excluding hydrogens is 300 g/mol. The van der Waals surface area contributed by atoms with E-state index in [1.807, 2.05) is 0 Å². The molecule has 2 fully saturated rings. The second kappa shape index (κ2) is 6.87. The van der Waals surface area contributed by atoms with E-state index in [9.17, 15) is 0 Å². The molecule has 2 rings (SSSR count). The second-order valence-corrected chi connectivity index (χ2v) is 13.2. The molecule has 0 radical (unpaired) electrons. The maximum Gasteiger partial charge on any atom is -0.0200 e. The smallest absolute Gasteiger partial charge is 0.0200 e. The predicted molar refractivity (Wildman–Crippen MR) is 115 cm³/mol. The zero-order valence-electron chi connectivity index (χ0n) is 19.9. The van der Waals surface area contributed by atoms with Crippen LogP contribution in [0, 0.1) is 32.5 Å². The molecule has 0 aromatic carbocycles. The summed E-state index contributed by atoms with van der Waals surface area (Å²) < 4.78 is 0. The van der Waals surface area contributed by atoms with Crippen LogP contribution < -0.4 is 0 Å². The lowest BCUT2D eigenvalue weighted by molar-refractivity contribution is -0.100. The lowest BCUT2D eigenvalue weighted by Gasteiger charge is -2.60. The van der Waals surface area contributed by atoms with E-state index in [1.54, 1.807) is 0 Å². The van der Waals surface area contributed by atoms with Gasteiger partial charge in [0.1, 0.15) is 0 Å². The van der Waals surface area contributed by atoms with Gasteiger partial charge in [0.05, 0.1) is 0 Å². The highest BCUT2D eigenvalue weighted by Gasteiger charge is 2.54. The van der Waals surface area contributed by atoms with Gasteiger partial charge in [0.25, 0.3) is 0 Å². The third-order valence-corrected chi connectivity index (χ3v) is 8.41. The van der Waals surface area contributed by atoms with Crippen LogP contribution in [0.4, 0.5) is 0 Å². The molecule has 0 spiro atoms. The van der Waals surface area contributed by atoms with Crippen LogP contribution in [-0.4, -0.2) is 0 Å². The van der Waals surface area contributed by atoms with Crippen molar-refractivity contribution in [3.8, 4) is 0 Å². The number of hydrogen-bond acceptors (Lipinski definition) is 0.